The molecule has 4 nitrogen and oxygen atoms in total. The minimum atomic E-state index is -0.378. The van der Waals surface area contributed by atoms with Crippen LogP contribution >= 0.6 is 15.9 Å². The first-order chi connectivity index (χ1) is 10.0. The Balaban J connectivity index is 2.24. The van der Waals surface area contributed by atoms with E-state index in [9.17, 15) is 4.79 Å². The van der Waals surface area contributed by atoms with Gasteiger partial charge in [-0.25, -0.2) is 4.79 Å². The molecule has 0 saturated heterocycles. The average Bonchev–Trinajstić information content (AvgIpc) is 2.48. The number of hydrogen-bond acceptors (Lipinski definition) is 4. The van der Waals surface area contributed by atoms with Gasteiger partial charge in [0, 0.05) is 22.4 Å². The van der Waals surface area contributed by atoms with E-state index in [1.165, 1.54) is 7.11 Å². The van der Waals surface area contributed by atoms with Gasteiger partial charge >= 0.3 is 5.97 Å². The first-order valence-corrected chi connectivity index (χ1v) is 7.26. The second-order valence-electron chi connectivity index (χ2n) is 4.67. The molecule has 0 fully saturated rings. The summed E-state index contributed by atoms with van der Waals surface area (Å²) in [5.41, 5.74) is 2.38. The summed E-state index contributed by atoms with van der Waals surface area (Å²) in [5, 5.41) is 0. The van der Waals surface area contributed by atoms with E-state index in [0.717, 1.165) is 15.6 Å². The number of pyridine rings is 1. The van der Waals surface area contributed by atoms with Gasteiger partial charge in [0.1, 0.15) is 11.9 Å². The van der Waals surface area contributed by atoms with E-state index in [2.05, 4.69) is 20.9 Å². The number of aryl methyl sites for hydroxylation is 1. The lowest BCUT2D eigenvalue weighted by molar-refractivity contribution is 0.0600. The van der Waals surface area contributed by atoms with Crippen LogP contribution in [0.25, 0.3) is 0 Å². The number of ether oxygens (including phenoxy) is 2. The SMILES string of the molecule is COC(=O)c1ccc(C)c(OC(C)c2cncc(Br)c2)c1. The van der Waals surface area contributed by atoms with Gasteiger partial charge in [-0.1, -0.05) is 6.07 Å². The Morgan fingerprint density at radius 1 is 1.29 bits per heavy atom. The normalized spacial score (nSPS) is 11.8. The number of rotatable bonds is 4. The number of halogens is 1. The molecule has 21 heavy (non-hydrogen) atoms. The number of benzene rings is 1. The van der Waals surface area contributed by atoms with E-state index < -0.39 is 0 Å². The van der Waals surface area contributed by atoms with E-state index in [0.29, 0.717) is 11.3 Å². The fraction of sp³-hybridized carbons (Fsp3) is 0.250. The molecule has 0 bridgehead atoms. The number of carbonyl (C=O) groups is 1. The van der Waals surface area contributed by atoms with Gasteiger partial charge in [-0.3, -0.25) is 4.98 Å². The number of methoxy groups -OCH3 is 1. The summed E-state index contributed by atoms with van der Waals surface area (Å²) in [6.45, 7) is 3.87. The molecule has 110 valence electrons. The lowest BCUT2D eigenvalue weighted by atomic mass is 10.1. The molecule has 0 spiro atoms. The molecule has 5 heteroatoms. The lowest BCUT2D eigenvalue weighted by Crippen LogP contribution is -2.07. The van der Waals surface area contributed by atoms with Crippen LogP contribution < -0.4 is 4.74 Å². The number of hydrogen-bond donors (Lipinski definition) is 0. The Labute approximate surface area is 132 Å². The van der Waals surface area contributed by atoms with Crippen molar-refractivity contribution < 1.29 is 14.3 Å². The number of carbonyl (C=O) groups excluding carboxylic acids is 1. The Bertz CT molecular complexity index is 658. The van der Waals surface area contributed by atoms with Crippen LogP contribution in [-0.4, -0.2) is 18.1 Å². The van der Waals surface area contributed by atoms with E-state index in [1.54, 1.807) is 24.5 Å². The van der Waals surface area contributed by atoms with Crippen molar-refractivity contribution in [3.05, 3.63) is 57.8 Å². The number of nitrogens with zero attached hydrogens (tertiary/aromatic N) is 1. The molecule has 2 rings (SSSR count). The van der Waals surface area contributed by atoms with Gasteiger partial charge < -0.3 is 9.47 Å². The van der Waals surface area contributed by atoms with Crippen LogP contribution in [0.5, 0.6) is 5.75 Å². The summed E-state index contributed by atoms with van der Waals surface area (Å²) in [5.74, 6) is 0.280. The maximum Gasteiger partial charge on any atom is 0.337 e. The van der Waals surface area contributed by atoms with Crippen molar-refractivity contribution in [2.24, 2.45) is 0 Å². The number of esters is 1. The molecular formula is C16H16BrNO3. The molecule has 0 aliphatic carbocycles. The fourth-order valence-electron chi connectivity index (χ4n) is 1.88. The van der Waals surface area contributed by atoms with E-state index >= 15 is 0 Å². The molecular weight excluding hydrogens is 334 g/mol. The quantitative estimate of drug-likeness (QED) is 0.780. The number of aromatic nitrogens is 1. The summed E-state index contributed by atoms with van der Waals surface area (Å²) >= 11 is 3.39. The van der Waals surface area contributed by atoms with Gasteiger partial charge in [0.25, 0.3) is 0 Å². The topological polar surface area (TPSA) is 48.4 Å². The van der Waals surface area contributed by atoms with Crippen LogP contribution in [0.3, 0.4) is 0 Å². The van der Waals surface area contributed by atoms with Gasteiger partial charge in [0.15, 0.2) is 0 Å². The molecule has 1 heterocycles. The van der Waals surface area contributed by atoms with Crippen molar-refractivity contribution in [1.82, 2.24) is 4.98 Å². The average molecular weight is 350 g/mol. The highest BCUT2D eigenvalue weighted by molar-refractivity contribution is 9.10. The van der Waals surface area contributed by atoms with E-state index in [-0.39, 0.29) is 12.1 Å². The molecule has 1 aromatic heterocycles. The fourth-order valence-corrected chi connectivity index (χ4v) is 2.26. The van der Waals surface area contributed by atoms with Crippen LogP contribution in [-0.2, 0) is 4.74 Å². The molecule has 1 atom stereocenters. The standard InChI is InChI=1S/C16H16BrNO3/c1-10-4-5-12(16(19)20-3)7-15(10)21-11(2)13-6-14(17)9-18-8-13/h4-9,11H,1-3H3. The zero-order valence-electron chi connectivity index (χ0n) is 12.1. The molecule has 0 radical (unpaired) electrons. The predicted molar refractivity (Wildman–Crippen MR) is 83.5 cm³/mol. The maximum atomic E-state index is 11.6. The van der Waals surface area contributed by atoms with E-state index in [4.69, 9.17) is 9.47 Å². The maximum absolute atomic E-state index is 11.6. The summed E-state index contributed by atoms with van der Waals surface area (Å²) < 4.78 is 11.6. The third-order valence-electron chi connectivity index (χ3n) is 3.11. The second-order valence-corrected chi connectivity index (χ2v) is 5.58. The van der Waals surface area contributed by atoms with Gasteiger partial charge in [0.05, 0.1) is 12.7 Å². The van der Waals surface area contributed by atoms with Gasteiger partial charge in [-0.05, 0) is 53.5 Å². The molecule has 1 unspecified atom stereocenters. The Morgan fingerprint density at radius 2 is 2.05 bits per heavy atom. The third kappa shape index (κ3) is 3.82. The van der Waals surface area contributed by atoms with Crippen molar-refractivity contribution in [2.45, 2.75) is 20.0 Å². The van der Waals surface area contributed by atoms with Crippen molar-refractivity contribution in [1.29, 1.82) is 0 Å². The van der Waals surface area contributed by atoms with Gasteiger partial charge in [0.2, 0.25) is 0 Å². The van der Waals surface area contributed by atoms with Crippen LogP contribution in [0.15, 0.2) is 41.1 Å². The molecule has 2 aromatic rings. The van der Waals surface area contributed by atoms with Crippen molar-refractivity contribution in [2.75, 3.05) is 7.11 Å². The van der Waals surface area contributed by atoms with Crippen molar-refractivity contribution in [3.63, 3.8) is 0 Å². The molecule has 1 aromatic carbocycles. The zero-order valence-corrected chi connectivity index (χ0v) is 13.7. The minimum absolute atomic E-state index is 0.179. The monoisotopic (exact) mass is 349 g/mol. The molecule has 0 aliphatic rings. The van der Waals surface area contributed by atoms with Crippen molar-refractivity contribution >= 4 is 21.9 Å². The summed E-state index contributed by atoms with van der Waals surface area (Å²) in [6.07, 6.45) is 3.30. The first-order valence-electron chi connectivity index (χ1n) is 6.47. The first kappa shape index (κ1) is 15.5. The highest BCUT2D eigenvalue weighted by Gasteiger charge is 2.13. The van der Waals surface area contributed by atoms with Crippen LogP contribution in [0.2, 0.25) is 0 Å². The smallest absolute Gasteiger partial charge is 0.337 e. The predicted octanol–water partition coefficient (Wildman–Crippen LogP) is 4.08. The summed E-state index contributed by atoms with van der Waals surface area (Å²) in [4.78, 5) is 15.7. The highest BCUT2D eigenvalue weighted by Crippen LogP contribution is 2.27. The lowest BCUT2D eigenvalue weighted by Gasteiger charge is -2.17. The van der Waals surface area contributed by atoms with Crippen LogP contribution in [0, 0.1) is 6.92 Å². The zero-order chi connectivity index (χ0) is 15.4. The minimum Gasteiger partial charge on any atom is -0.486 e. The Hall–Kier alpha value is -1.88. The second kappa shape index (κ2) is 6.72. The molecule has 0 amide bonds. The highest BCUT2D eigenvalue weighted by atomic mass is 79.9. The molecule has 0 aliphatic heterocycles. The summed E-state index contributed by atoms with van der Waals surface area (Å²) in [6, 6.07) is 7.22. The Kier molecular flexibility index (Phi) is 4.96. The largest absolute Gasteiger partial charge is 0.486 e. The van der Waals surface area contributed by atoms with Crippen LogP contribution in [0.1, 0.15) is 34.5 Å². The van der Waals surface area contributed by atoms with Crippen molar-refractivity contribution in [3.8, 4) is 5.75 Å². The Morgan fingerprint density at radius 3 is 2.71 bits per heavy atom. The van der Waals surface area contributed by atoms with E-state index in [1.807, 2.05) is 26.0 Å². The third-order valence-corrected chi connectivity index (χ3v) is 3.54. The van der Waals surface area contributed by atoms with Gasteiger partial charge in [-0.2, -0.15) is 0 Å². The summed E-state index contributed by atoms with van der Waals surface area (Å²) in [7, 11) is 1.36. The van der Waals surface area contributed by atoms with Crippen LogP contribution in [0.4, 0.5) is 0 Å². The molecule has 0 saturated carbocycles. The van der Waals surface area contributed by atoms with Gasteiger partial charge in [-0.15, -0.1) is 0 Å². The molecule has 0 N–H and O–H groups in total.